The van der Waals surface area contributed by atoms with Crippen LogP contribution in [0.5, 0.6) is 11.8 Å². The molecule has 2 aliphatic rings. The molecule has 4 heterocycles. The van der Waals surface area contributed by atoms with Crippen molar-refractivity contribution >= 4 is 23.2 Å². The van der Waals surface area contributed by atoms with Gasteiger partial charge in [0.25, 0.3) is 5.88 Å². The third-order valence-electron chi connectivity index (χ3n) is 4.75. The van der Waals surface area contributed by atoms with E-state index in [0.717, 1.165) is 37.4 Å². The molecule has 4 rings (SSSR count). The second kappa shape index (κ2) is 7.87. The second-order valence-corrected chi connectivity index (χ2v) is 6.91. The lowest BCUT2D eigenvalue weighted by atomic mass is 10.1. The maximum Gasteiger partial charge on any atom is 0.257 e. The van der Waals surface area contributed by atoms with Crippen LogP contribution in [0.4, 0.5) is 11.6 Å². The number of nitrogens with zero attached hydrogens (tertiary/aromatic N) is 4. The summed E-state index contributed by atoms with van der Waals surface area (Å²) in [6.45, 7) is 4.00. The van der Waals surface area contributed by atoms with Crippen molar-refractivity contribution in [2.24, 2.45) is 0 Å². The monoisotopic (exact) mass is 395 g/mol. The summed E-state index contributed by atoms with van der Waals surface area (Å²) in [5.41, 5.74) is 1.68. The zero-order valence-electron chi connectivity index (χ0n) is 15.3. The predicted octanol–water partition coefficient (Wildman–Crippen LogP) is 2.52. The Balaban J connectivity index is 1.72. The lowest BCUT2D eigenvalue weighted by Gasteiger charge is -2.23. The number of methoxy groups -OCH3 is 1. The van der Waals surface area contributed by atoms with Crippen molar-refractivity contribution in [3.63, 3.8) is 0 Å². The van der Waals surface area contributed by atoms with Crippen LogP contribution in [0.2, 0.25) is 5.02 Å². The largest absolute Gasteiger partial charge is 0.474 e. The van der Waals surface area contributed by atoms with Gasteiger partial charge in [0, 0.05) is 20.3 Å². The number of hydrogen-bond acceptors (Lipinski definition) is 8. The highest BCUT2D eigenvalue weighted by Gasteiger charge is 2.26. The van der Waals surface area contributed by atoms with Crippen molar-refractivity contribution in [3.05, 3.63) is 16.9 Å². The summed E-state index contributed by atoms with van der Waals surface area (Å²) in [5.74, 6) is 1.15. The van der Waals surface area contributed by atoms with Crippen LogP contribution < -0.4 is 14.8 Å². The van der Waals surface area contributed by atoms with Gasteiger partial charge in [-0.15, -0.1) is 5.10 Å². The molecular formula is C17H22ClN5O4. The van der Waals surface area contributed by atoms with Crippen LogP contribution in [0.25, 0.3) is 0 Å². The van der Waals surface area contributed by atoms with E-state index in [2.05, 4.69) is 15.3 Å². The summed E-state index contributed by atoms with van der Waals surface area (Å²) in [6, 6.07) is 0.271. The number of anilines is 2. The van der Waals surface area contributed by atoms with E-state index in [4.69, 9.17) is 35.6 Å². The van der Waals surface area contributed by atoms with Gasteiger partial charge in [-0.3, -0.25) is 4.68 Å². The summed E-state index contributed by atoms with van der Waals surface area (Å²) in [4.78, 5) is 8.60. The fraction of sp³-hybridized carbons (Fsp3) is 0.588. The SMILES string of the molecule is COC1COc2nc(ncc2Cl)Nc2c(nn(C3CCOCC3)c2C)OC1. The number of halogens is 1. The van der Waals surface area contributed by atoms with Gasteiger partial charge in [0.1, 0.15) is 30.0 Å². The predicted molar refractivity (Wildman–Crippen MR) is 98.2 cm³/mol. The van der Waals surface area contributed by atoms with E-state index in [9.17, 15) is 0 Å². The number of aromatic nitrogens is 4. The van der Waals surface area contributed by atoms with Crippen molar-refractivity contribution in [1.29, 1.82) is 0 Å². The van der Waals surface area contributed by atoms with Gasteiger partial charge in [-0.1, -0.05) is 11.6 Å². The Hall–Kier alpha value is -2.10. The molecule has 0 amide bonds. The van der Waals surface area contributed by atoms with E-state index in [-0.39, 0.29) is 25.4 Å². The fourth-order valence-electron chi connectivity index (χ4n) is 3.18. The third kappa shape index (κ3) is 3.80. The standard InChI is InChI=1S/C17H22ClN5O4/c1-10-14-16(22-23(10)11-3-5-25-6-4-11)27-9-12(24-2)8-26-15-13(18)7-19-17(20-14)21-15/h7,11-12H,3-6,8-9H2,1-2H3,(H,19,20,21). The molecule has 0 saturated carbocycles. The van der Waals surface area contributed by atoms with Gasteiger partial charge >= 0.3 is 0 Å². The van der Waals surface area contributed by atoms with Crippen LogP contribution in [0.1, 0.15) is 24.6 Å². The van der Waals surface area contributed by atoms with Crippen LogP contribution >= 0.6 is 11.6 Å². The van der Waals surface area contributed by atoms with E-state index in [0.29, 0.717) is 22.7 Å². The molecule has 27 heavy (non-hydrogen) atoms. The molecule has 1 unspecified atom stereocenters. The second-order valence-electron chi connectivity index (χ2n) is 6.51. The van der Waals surface area contributed by atoms with Crippen molar-refractivity contribution in [3.8, 4) is 11.8 Å². The summed E-state index contributed by atoms with van der Waals surface area (Å²) in [6.07, 6.45) is 3.04. The van der Waals surface area contributed by atoms with Gasteiger partial charge in [0.05, 0.1) is 17.9 Å². The molecular weight excluding hydrogens is 374 g/mol. The van der Waals surface area contributed by atoms with Crippen LogP contribution in [0, 0.1) is 6.92 Å². The average molecular weight is 396 g/mol. The van der Waals surface area contributed by atoms with Gasteiger partial charge in [0.2, 0.25) is 11.8 Å². The average Bonchev–Trinajstić information content (AvgIpc) is 2.99. The van der Waals surface area contributed by atoms with E-state index in [1.165, 1.54) is 6.20 Å². The molecule has 10 heteroatoms. The highest BCUT2D eigenvalue weighted by molar-refractivity contribution is 6.31. The third-order valence-corrected chi connectivity index (χ3v) is 5.01. The summed E-state index contributed by atoms with van der Waals surface area (Å²) in [5, 5.41) is 8.25. The van der Waals surface area contributed by atoms with E-state index >= 15 is 0 Å². The Morgan fingerprint density at radius 3 is 2.70 bits per heavy atom. The maximum atomic E-state index is 6.14. The van der Waals surface area contributed by atoms with Gasteiger partial charge < -0.3 is 24.3 Å². The smallest absolute Gasteiger partial charge is 0.257 e. The molecule has 146 valence electrons. The molecule has 2 aromatic heterocycles. The van der Waals surface area contributed by atoms with Gasteiger partial charge in [-0.2, -0.15) is 4.98 Å². The molecule has 1 saturated heterocycles. The fourth-order valence-corrected chi connectivity index (χ4v) is 3.32. The number of hydrogen-bond donors (Lipinski definition) is 1. The van der Waals surface area contributed by atoms with Crippen molar-refractivity contribution in [1.82, 2.24) is 19.7 Å². The normalized spacial score (nSPS) is 20.6. The lowest BCUT2D eigenvalue weighted by molar-refractivity contribution is 0.0212. The minimum Gasteiger partial charge on any atom is -0.474 e. The number of rotatable bonds is 2. The van der Waals surface area contributed by atoms with Crippen LogP contribution in [0.15, 0.2) is 6.20 Å². The van der Waals surface area contributed by atoms with Gasteiger partial charge in [-0.05, 0) is 19.8 Å². The molecule has 2 bridgehead atoms. The molecule has 0 aliphatic carbocycles. The molecule has 0 spiro atoms. The molecule has 0 aromatic carbocycles. The topological polar surface area (TPSA) is 92.6 Å². The first-order valence-corrected chi connectivity index (χ1v) is 9.28. The quantitative estimate of drug-likeness (QED) is 0.829. The molecule has 2 aromatic rings. The Kier molecular flexibility index (Phi) is 5.33. The van der Waals surface area contributed by atoms with Crippen LogP contribution in [-0.4, -0.2) is 59.4 Å². The maximum absolute atomic E-state index is 6.14. The van der Waals surface area contributed by atoms with Crippen molar-refractivity contribution in [2.45, 2.75) is 31.9 Å². The Morgan fingerprint density at radius 2 is 1.96 bits per heavy atom. The number of fused-ring (bicyclic) bond motifs is 3. The first-order valence-electron chi connectivity index (χ1n) is 8.90. The number of nitrogens with one attached hydrogen (secondary N) is 1. The molecule has 9 nitrogen and oxygen atoms in total. The zero-order chi connectivity index (χ0) is 18.8. The molecule has 0 radical (unpaired) electrons. The minimum absolute atomic E-state index is 0.252. The summed E-state index contributed by atoms with van der Waals surface area (Å²) >= 11 is 6.14. The molecule has 1 fully saturated rings. The Morgan fingerprint density at radius 1 is 1.22 bits per heavy atom. The van der Waals surface area contributed by atoms with E-state index < -0.39 is 0 Å². The van der Waals surface area contributed by atoms with Gasteiger partial charge in [-0.25, -0.2) is 4.98 Å². The van der Waals surface area contributed by atoms with Crippen LogP contribution in [-0.2, 0) is 9.47 Å². The molecule has 1 atom stereocenters. The lowest BCUT2D eigenvalue weighted by Crippen LogP contribution is -2.28. The minimum atomic E-state index is -0.293. The van der Waals surface area contributed by atoms with Crippen molar-refractivity contribution in [2.75, 3.05) is 38.9 Å². The highest BCUT2D eigenvalue weighted by atomic mass is 35.5. The summed E-state index contributed by atoms with van der Waals surface area (Å²) in [7, 11) is 1.61. The zero-order valence-corrected chi connectivity index (χ0v) is 16.0. The Bertz CT molecular complexity index is 809. The summed E-state index contributed by atoms with van der Waals surface area (Å²) < 4.78 is 24.5. The van der Waals surface area contributed by atoms with E-state index in [1.54, 1.807) is 7.11 Å². The van der Waals surface area contributed by atoms with Gasteiger partial charge in [0.15, 0.2) is 0 Å². The molecule has 2 aliphatic heterocycles. The van der Waals surface area contributed by atoms with E-state index in [1.807, 2.05) is 11.6 Å². The van der Waals surface area contributed by atoms with Crippen LogP contribution in [0.3, 0.4) is 0 Å². The highest BCUT2D eigenvalue weighted by Crippen LogP contribution is 2.35. The Labute approximate surface area is 161 Å². The molecule has 1 N–H and O–H groups in total. The number of ether oxygens (including phenoxy) is 4. The first-order chi connectivity index (χ1) is 13.2. The van der Waals surface area contributed by atoms with Crippen molar-refractivity contribution < 1.29 is 18.9 Å². The first kappa shape index (κ1) is 18.3.